The van der Waals surface area contributed by atoms with Crippen LogP contribution in [0.25, 0.3) is 17.1 Å². The summed E-state index contributed by atoms with van der Waals surface area (Å²) in [6.07, 6.45) is 0. The molecule has 0 aliphatic carbocycles. The highest BCUT2D eigenvalue weighted by Crippen LogP contribution is 2.28. The van der Waals surface area contributed by atoms with Crippen LogP contribution in [0.5, 0.6) is 0 Å². The number of benzene rings is 2. The summed E-state index contributed by atoms with van der Waals surface area (Å²) in [6, 6.07) is 11.4. The molecule has 0 unspecified atom stereocenters. The first-order valence-corrected chi connectivity index (χ1v) is 6.85. The lowest BCUT2D eigenvalue weighted by atomic mass is 10.1. The molecule has 0 spiro atoms. The second-order valence-electron chi connectivity index (χ2n) is 4.94. The van der Waals surface area contributed by atoms with Gasteiger partial charge in [-0.1, -0.05) is 29.3 Å². The van der Waals surface area contributed by atoms with Crippen LogP contribution in [0.2, 0.25) is 5.02 Å². The molecule has 0 aliphatic rings. The highest BCUT2D eigenvalue weighted by molar-refractivity contribution is 6.31. The molecule has 106 valence electrons. The first kappa shape index (κ1) is 13.6. The molecule has 2 N–H and O–H groups in total. The van der Waals surface area contributed by atoms with Crippen LogP contribution in [-0.2, 0) is 0 Å². The van der Waals surface area contributed by atoms with Crippen molar-refractivity contribution in [1.82, 2.24) is 20.2 Å². The lowest BCUT2D eigenvalue weighted by Crippen LogP contribution is -2.03. The molecular formula is C15H14ClN5. The van der Waals surface area contributed by atoms with Gasteiger partial charge in [0, 0.05) is 16.3 Å². The third-order valence-electron chi connectivity index (χ3n) is 3.30. The van der Waals surface area contributed by atoms with E-state index in [0.29, 0.717) is 16.5 Å². The highest BCUT2D eigenvalue weighted by atomic mass is 35.5. The molecule has 0 fully saturated rings. The number of hydrogen-bond donors (Lipinski definition) is 1. The molecule has 0 amide bonds. The van der Waals surface area contributed by atoms with Crippen molar-refractivity contribution in [2.24, 2.45) is 0 Å². The van der Waals surface area contributed by atoms with Crippen LogP contribution >= 0.6 is 11.6 Å². The highest BCUT2D eigenvalue weighted by Gasteiger charge is 2.15. The third kappa shape index (κ3) is 2.48. The van der Waals surface area contributed by atoms with Crippen LogP contribution in [-0.4, -0.2) is 20.2 Å². The number of aromatic nitrogens is 4. The van der Waals surface area contributed by atoms with Crippen molar-refractivity contribution in [3.8, 4) is 17.1 Å². The van der Waals surface area contributed by atoms with Crippen LogP contribution in [0.3, 0.4) is 0 Å². The quantitative estimate of drug-likeness (QED) is 0.738. The second-order valence-corrected chi connectivity index (χ2v) is 5.37. The normalized spacial score (nSPS) is 10.8. The SMILES string of the molecule is Cc1ccc(-n2nnnc2-c2ccc(Cl)cc2N)c(C)c1. The predicted octanol–water partition coefficient (Wildman–Crippen LogP) is 3.18. The van der Waals surface area contributed by atoms with Crippen LogP contribution < -0.4 is 5.73 Å². The maximum absolute atomic E-state index is 6.03. The van der Waals surface area contributed by atoms with Gasteiger partial charge in [0.15, 0.2) is 5.82 Å². The Morgan fingerprint density at radius 1 is 1.10 bits per heavy atom. The van der Waals surface area contributed by atoms with Crippen molar-refractivity contribution < 1.29 is 0 Å². The van der Waals surface area contributed by atoms with Gasteiger partial charge < -0.3 is 5.73 Å². The summed E-state index contributed by atoms with van der Waals surface area (Å²) in [7, 11) is 0. The zero-order chi connectivity index (χ0) is 15.0. The molecule has 2 aromatic carbocycles. The molecule has 6 heteroatoms. The van der Waals surface area contributed by atoms with Crippen LogP contribution in [0, 0.1) is 13.8 Å². The van der Waals surface area contributed by atoms with E-state index in [1.165, 1.54) is 5.56 Å². The Morgan fingerprint density at radius 2 is 1.90 bits per heavy atom. The molecule has 1 heterocycles. The second kappa shape index (κ2) is 5.18. The van der Waals surface area contributed by atoms with E-state index in [1.54, 1.807) is 16.8 Å². The zero-order valence-electron chi connectivity index (χ0n) is 11.7. The zero-order valence-corrected chi connectivity index (χ0v) is 12.5. The number of nitrogens with zero attached hydrogens (tertiary/aromatic N) is 4. The third-order valence-corrected chi connectivity index (χ3v) is 3.54. The van der Waals surface area contributed by atoms with Gasteiger partial charge in [-0.15, -0.1) is 5.10 Å². The largest absolute Gasteiger partial charge is 0.398 e. The van der Waals surface area contributed by atoms with E-state index in [0.717, 1.165) is 16.8 Å². The molecular weight excluding hydrogens is 286 g/mol. The molecule has 3 rings (SSSR count). The number of anilines is 1. The fourth-order valence-electron chi connectivity index (χ4n) is 2.30. The molecule has 0 saturated heterocycles. The summed E-state index contributed by atoms with van der Waals surface area (Å²) < 4.78 is 1.69. The van der Waals surface area contributed by atoms with Crippen LogP contribution in [0.15, 0.2) is 36.4 Å². The predicted molar refractivity (Wildman–Crippen MR) is 83.5 cm³/mol. The summed E-state index contributed by atoms with van der Waals surface area (Å²) in [4.78, 5) is 0. The Kier molecular flexibility index (Phi) is 3.35. The van der Waals surface area contributed by atoms with E-state index >= 15 is 0 Å². The summed E-state index contributed by atoms with van der Waals surface area (Å²) in [6.45, 7) is 4.08. The van der Waals surface area contributed by atoms with Gasteiger partial charge in [-0.2, -0.15) is 4.68 Å². The molecule has 0 radical (unpaired) electrons. The minimum atomic E-state index is 0.545. The van der Waals surface area contributed by atoms with E-state index in [1.807, 2.05) is 25.1 Å². The number of halogens is 1. The smallest absolute Gasteiger partial charge is 0.189 e. The van der Waals surface area contributed by atoms with Crippen LogP contribution in [0.4, 0.5) is 5.69 Å². The molecule has 1 aromatic heterocycles. The summed E-state index contributed by atoms with van der Waals surface area (Å²) in [5.41, 5.74) is 10.5. The van der Waals surface area contributed by atoms with E-state index in [2.05, 4.69) is 28.5 Å². The number of nitrogens with two attached hydrogens (primary N) is 1. The van der Waals surface area contributed by atoms with Gasteiger partial charge in [-0.05, 0) is 54.1 Å². The van der Waals surface area contributed by atoms with E-state index in [9.17, 15) is 0 Å². The standard InChI is InChI=1S/C15H14ClN5/c1-9-3-6-14(10(2)7-9)21-15(18-19-20-21)12-5-4-11(16)8-13(12)17/h3-8H,17H2,1-2H3. The van der Waals surface area contributed by atoms with Crippen molar-refractivity contribution in [3.05, 3.63) is 52.5 Å². The molecule has 0 aliphatic heterocycles. The lowest BCUT2D eigenvalue weighted by molar-refractivity contribution is 0.787. The molecule has 3 aromatic rings. The van der Waals surface area contributed by atoms with Crippen molar-refractivity contribution in [3.63, 3.8) is 0 Å². The first-order valence-electron chi connectivity index (χ1n) is 6.47. The van der Waals surface area contributed by atoms with Crippen LogP contribution in [0.1, 0.15) is 11.1 Å². The van der Waals surface area contributed by atoms with E-state index < -0.39 is 0 Å². The minimum Gasteiger partial charge on any atom is -0.398 e. The summed E-state index contributed by atoms with van der Waals surface area (Å²) >= 11 is 5.94. The average molecular weight is 300 g/mol. The van der Waals surface area contributed by atoms with Crippen molar-refractivity contribution >= 4 is 17.3 Å². The van der Waals surface area contributed by atoms with Crippen molar-refractivity contribution in [2.75, 3.05) is 5.73 Å². The van der Waals surface area contributed by atoms with Crippen molar-refractivity contribution in [1.29, 1.82) is 0 Å². The van der Waals surface area contributed by atoms with E-state index in [-0.39, 0.29) is 0 Å². The number of tetrazole rings is 1. The Bertz CT molecular complexity index is 744. The fourth-order valence-corrected chi connectivity index (χ4v) is 2.48. The first-order chi connectivity index (χ1) is 10.1. The Hall–Kier alpha value is -2.40. The van der Waals surface area contributed by atoms with Gasteiger partial charge in [0.05, 0.1) is 5.69 Å². The van der Waals surface area contributed by atoms with Gasteiger partial charge in [0.25, 0.3) is 0 Å². The maximum atomic E-state index is 6.03. The molecule has 0 atom stereocenters. The number of hydrogen-bond acceptors (Lipinski definition) is 4. The van der Waals surface area contributed by atoms with Gasteiger partial charge in [0.2, 0.25) is 0 Å². The molecule has 21 heavy (non-hydrogen) atoms. The monoisotopic (exact) mass is 299 g/mol. The number of rotatable bonds is 2. The lowest BCUT2D eigenvalue weighted by Gasteiger charge is -2.10. The molecule has 0 bridgehead atoms. The summed E-state index contributed by atoms with van der Waals surface area (Å²) in [5, 5.41) is 12.5. The average Bonchev–Trinajstić information content (AvgIpc) is 2.87. The van der Waals surface area contributed by atoms with E-state index in [4.69, 9.17) is 17.3 Å². The van der Waals surface area contributed by atoms with Gasteiger partial charge in [0.1, 0.15) is 0 Å². The summed E-state index contributed by atoms with van der Waals surface area (Å²) in [5.74, 6) is 0.594. The Balaban J connectivity index is 2.17. The Labute approximate surface area is 127 Å². The number of aryl methyl sites for hydroxylation is 2. The topological polar surface area (TPSA) is 69.6 Å². The van der Waals surface area contributed by atoms with Crippen molar-refractivity contribution in [2.45, 2.75) is 13.8 Å². The maximum Gasteiger partial charge on any atom is 0.189 e. The molecule has 0 saturated carbocycles. The Morgan fingerprint density at radius 3 is 2.62 bits per heavy atom. The molecule has 5 nitrogen and oxygen atoms in total. The minimum absolute atomic E-state index is 0.545. The van der Waals surface area contributed by atoms with Gasteiger partial charge >= 0.3 is 0 Å². The fraction of sp³-hybridized carbons (Fsp3) is 0.133. The number of nitrogen functional groups attached to an aromatic ring is 1. The van der Waals surface area contributed by atoms with Gasteiger partial charge in [-0.3, -0.25) is 0 Å². The van der Waals surface area contributed by atoms with Gasteiger partial charge in [-0.25, -0.2) is 0 Å².